The van der Waals surface area contributed by atoms with Crippen LogP contribution in [0.2, 0.25) is 0 Å². The van der Waals surface area contributed by atoms with Gasteiger partial charge in [0.15, 0.2) is 0 Å². The molecule has 0 aromatic carbocycles. The first kappa shape index (κ1) is 13.5. The molecule has 1 fully saturated rings. The highest BCUT2D eigenvalue weighted by molar-refractivity contribution is 5.77. The van der Waals surface area contributed by atoms with Gasteiger partial charge < -0.3 is 10.6 Å². The van der Waals surface area contributed by atoms with Crippen LogP contribution in [0, 0.1) is 11.8 Å². The molecule has 2 unspecified atom stereocenters. The van der Waals surface area contributed by atoms with Crippen molar-refractivity contribution >= 4 is 5.91 Å². The highest BCUT2D eigenvalue weighted by Gasteiger charge is 2.20. The quantitative estimate of drug-likeness (QED) is 0.719. The Kier molecular flexibility index (Phi) is 5.81. The van der Waals surface area contributed by atoms with Gasteiger partial charge in [0.2, 0.25) is 5.91 Å². The maximum Gasteiger partial charge on any atom is 0.233 e. The van der Waals surface area contributed by atoms with Gasteiger partial charge in [-0.25, -0.2) is 0 Å². The second kappa shape index (κ2) is 6.89. The van der Waals surface area contributed by atoms with Gasteiger partial charge in [0, 0.05) is 13.1 Å². The average Bonchev–Trinajstić information content (AvgIpc) is 2.51. The second-order valence-electron chi connectivity index (χ2n) is 5.26. The molecule has 1 amide bonds. The van der Waals surface area contributed by atoms with Crippen molar-refractivity contribution in [1.82, 2.24) is 10.6 Å². The summed E-state index contributed by atoms with van der Waals surface area (Å²) < 4.78 is 0. The zero-order valence-electron chi connectivity index (χ0n) is 10.9. The fourth-order valence-electron chi connectivity index (χ4n) is 2.53. The number of likely N-dealkylation sites (N-methyl/N-ethyl adjacent to an activating group) is 1. The lowest BCUT2D eigenvalue weighted by Gasteiger charge is -2.18. The van der Waals surface area contributed by atoms with Gasteiger partial charge in [0.1, 0.15) is 0 Å². The molecule has 0 radical (unpaired) electrons. The van der Waals surface area contributed by atoms with Crippen molar-refractivity contribution in [3.63, 3.8) is 0 Å². The first-order valence-corrected chi connectivity index (χ1v) is 6.57. The van der Waals surface area contributed by atoms with E-state index < -0.39 is 0 Å². The summed E-state index contributed by atoms with van der Waals surface area (Å²) in [6.45, 7) is 5.11. The van der Waals surface area contributed by atoms with E-state index >= 15 is 0 Å². The summed E-state index contributed by atoms with van der Waals surface area (Å²) in [7, 11) is 1.69. The smallest absolute Gasteiger partial charge is 0.233 e. The van der Waals surface area contributed by atoms with Crippen molar-refractivity contribution in [3.8, 4) is 0 Å². The van der Waals surface area contributed by atoms with E-state index in [1.807, 2.05) is 0 Å². The van der Waals surface area contributed by atoms with Crippen LogP contribution in [0.3, 0.4) is 0 Å². The molecule has 0 aromatic rings. The predicted molar refractivity (Wildman–Crippen MR) is 67.3 cm³/mol. The van der Waals surface area contributed by atoms with E-state index in [2.05, 4.69) is 24.5 Å². The minimum absolute atomic E-state index is 0.0876. The molecule has 0 bridgehead atoms. The first-order chi connectivity index (χ1) is 7.63. The summed E-state index contributed by atoms with van der Waals surface area (Å²) in [5.41, 5.74) is 0. The Morgan fingerprint density at radius 2 is 2.00 bits per heavy atom. The Morgan fingerprint density at radius 3 is 2.62 bits per heavy atom. The molecule has 0 saturated heterocycles. The summed E-state index contributed by atoms with van der Waals surface area (Å²) in [5, 5.41) is 6.01. The lowest BCUT2D eigenvalue weighted by molar-refractivity contribution is -0.119. The van der Waals surface area contributed by atoms with E-state index in [1.54, 1.807) is 7.05 Å². The number of nitrogens with one attached hydrogen (secondary N) is 2. The number of carbonyl (C=O) groups excluding carboxylic acids is 1. The van der Waals surface area contributed by atoms with E-state index in [0.29, 0.717) is 12.6 Å². The zero-order chi connectivity index (χ0) is 12.0. The standard InChI is InChI=1S/C13H26N2O/c1-10(2)11-5-4-6-12(8-7-11)15-9-13(16)14-3/h10-12,15H,4-9H2,1-3H3,(H,14,16). The number of amides is 1. The van der Waals surface area contributed by atoms with Gasteiger partial charge in [0.05, 0.1) is 6.54 Å². The fourth-order valence-corrected chi connectivity index (χ4v) is 2.53. The van der Waals surface area contributed by atoms with Gasteiger partial charge in [-0.3, -0.25) is 4.79 Å². The van der Waals surface area contributed by atoms with Crippen LogP contribution in [0.25, 0.3) is 0 Å². The number of rotatable bonds is 4. The third-order valence-electron chi connectivity index (χ3n) is 3.79. The van der Waals surface area contributed by atoms with Crippen molar-refractivity contribution in [3.05, 3.63) is 0 Å². The van der Waals surface area contributed by atoms with Gasteiger partial charge in [-0.1, -0.05) is 26.7 Å². The van der Waals surface area contributed by atoms with E-state index in [-0.39, 0.29) is 5.91 Å². The first-order valence-electron chi connectivity index (χ1n) is 6.57. The van der Waals surface area contributed by atoms with Gasteiger partial charge >= 0.3 is 0 Å². The molecule has 3 nitrogen and oxygen atoms in total. The minimum atomic E-state index is 0.0876. The molecular weight excluding hydrogens is 200 g/mol. The maximum absolute atomic E-state index is 11.1. The Bertz CT molecular complexity index is 216. The third-order valence-corrected chi connectivity index (χ3v) is 3.79. The third kappa shape index (κ3) is 4.52. The van der Waals surface area contributed by atoms with Crippen LogP contribution >= 0.6 is 0 Å². The van der Waals surface area contributed by atoms with Crippen LogP contribution < -0.4 is 10.6 Å². The molecule has 1 rings (SSSR count). The Morgan fingerprint density at radius 1 is 1.25 bits per heavy atom. The monoisotopic (exact) mass is 226 g/mol. The molecule has 2 atom stereocenters. The molecule has 16 heavy (non-hydrogen) atoms. The topological polar surface area (TPSA) is 41.1 Å². The summed E-state index contributed by atoms with van der Waals surface area (Å²) in [5.74, 6) is 1.77. The van der Waals surface area contributed by atoms with Gasteiger partial charge in [-0.05, 0) is 31.1 Å². The van der Waals surface area contributed by atoms with Crippen LogP contribution in [-0.2, 0) is 4.79 Å². The molecule has 94 valence electrons. The predicted octanol–water partition coefficient (Wildman–Crippen LogP) is 1.93. The van der Waals surface area contributed by atoms with Crippen LogP contribution in [0.5, 0.6) is 0 Å². The van der Waals surface area contributed by atoms with Crippen molar-refractivity contribution in [2.24, 2.45) is 11.8 Å². The Labute approximate surface area is 99.4 Å². The van der Waals surface area contributed by atoms with Crippen molar-refractivity contribution in [2.45, 2.75) is 52.0 Å². The average molecular weight is 226 g/mol. The zero-order valence-corrected chi connectivity index (χ0v) is 10.9. The summed E-state index contributed by atoms with van der Waals surface area (Å²) in [6.07, 6.45) is 6.41. The van der Waals surface area contributed by atoms with Gasteiger partial charge in [-0.2, -0.15) is 0 Å². The number of hydrogen-bond donors (Lipinski definition) is 2. The molecule has 1 aliphatic rings. The van der Waals surface area contributed by atoms with Crippen molar-refractivity contribution < 1.29 is 4.79 Å². The van der Waals surface area contributed by atoms with E-state index in [9.17, 15) is 4.79 Å². The SMILES string of the molecule is CNC(=O)CNC1CCCC(C(C)C)CC1. The van der Waals surface area contributed by atoms with Crippen LogP contribution in [0.4, 0.5) is 0 Å². The number of carbonyl (C=O) groups is 1. The molecule has 0 spiro atoms. The molecule has 0 heterocycles. The Hall–Kier alpha value is -0.570. The molecular formula is C13H26N2O. The molecule has 1 aliphatic carbocycles. The van der Waals surface area contributed by atoms with E-state index in [0.717, 1.165) is 11.8 Å². The highest BCUT2D eigenvalue weighted by atomic mass is 16.1. The molecule has 1 saturated carbocycles. The molecule has 2 N–H and O–H groups in total. The van der Waals surface area contributed by atoms with E-state index in [4.69, 9.17) is 0 Å². The summed E-state index contributed by atoms with van der Waals surface area (Å²) >= 11 is 0. The minimum Gasteiger partial charge on any atom is -0.358 e. The lowest BCUT2D eigenvalue weighted by Crippen LogP contribution is -2.37. The molecule has 0 aromatic heterocycles. The van der Waals surface area contributed by atoms with Gasteiger partial charge in [-0.15, -0.1) is 0 Å². The lowest BCUT2D eigenvalue weighted by atomic mass is 9.89. The van der Waals surface area contributed by atoms with Crippen LogP contribution in [-0.4, -0.2) is 25.5 Å². The fraction of sp³-hybridized carbons (Fsp3) is 0.923. The normalized spacial score (nSPS) is 26.5. The summed E-state index contributed by atoms with van der Waals surface area (Å²) in [6, 6.07) is 0.543. The molecule has 3 heteroatoms. The number of hydrogen-bond acceptors (Lipinski definition) is 2. The van der Waals surface area contributed by atoms with Crippen LogP contribution in [0.1, 0.15) is 46.0 Å². The van der Waals surface area contributed by atoms with E-state index in [1.165, 1.54) is 32.1 Å². The van der Waals surface area contributed by atoms with Gasteiger partial charge in [0.25, 0.3) is 0 Å². The van der Waals surface area contributed by atoms with Crippen LogP contribution in [0.15, 0.2) is 0 Å². The van der Waals surface area contributed by atoms with Crippen molar-refractivity contribution in [2.75, 3.05) is 13.6 Å². The molecule has 0 aliphatic heterocycles. The second-order valence-corrected chi connectivity index (χ2v) is 5.26. The largest absolute Gasteiger partial charge is 0.358 e. The summed E-state index contributed by atoms with van der Waals surface area (Å²) in [4.78, 5) is 11.1. The highest BCUT2D eigenvalue weighted by Crippen LogP contribution is 2.28. The Balaban J connectivity index is 2.27. The van der Waals surface area contributed by atoms with Crippen molar-refractivity contribution in [1.29, 1.82) is 0 Å². The maximum atomic E-state index is 11.1.